The molecule has 1 aromatic heterocycles. The van der Waals surface area contributed by atoms with Gasteiger partial charge >= 0.3 is 0 Å². The number of carbonyl (C=O) groups excluding carboxylic acids is 1. The van der Waals surface area contributed by atoms with E-state index in [-0.39, 0.29) is 17.3 Å². The first-order valence-corrected chi connectivity index (χ1v) is 12.4. The quantitative estimate of drug-likeness (QED) is 0.584. The van der Waals surface area contributed by atoms with Gasteiger partial charge in [-0.1, -0.05) is 13.0 Å². The predicted octanol–water partition coefficient (Wildman–Crippen LogP) is 4.57. The molecule has 0 saturated carbocycles. The molecule has 2 saturated heterocycles. The third-order valence-electron chi connectivity index (χ3n) is 5.70. The Hall–Kier alpha value is -0.950. The van der Waals surface area contributed by atoms with E-state index in [0.29, 0.717) is 17.7 Å². The van der Waals surface area contributed by atoms with Crippen molar-refractivity contribution >= 4 is 17.5 Å². The molecule has 3 heterocycles. The first-order valence-electron chi connectivity index (χ1n) is 11.3. The van der Waals surface area contributed by atoms with Crippen molar-refractivity contribution < 1.29 is 14.3 Å². The van der Waals surface area contributed by atoms with Crippen LogP contribution >= 0.6 is 11.8 Å². The van der Waals surface area contributed by atoms with E-state index in [0.717, 1.165) is 51.4 Å². The molecule has 30 heavy (non-hydrogen) atoms. The first kappa shape index (κ1) is 25.3. The lowest BCUT2D eigenvalue weighted by molar-refractivity contribution is 0.00510. The zero-order valence-corrected chi connectivity index (χ0v) is 20.2. The Morgan fingerprint density at radius 2 is 2.03 bits per heavy atom. The Labute approximate surface area is 187 Å². The van der Waals surface area contributed by atoms with Crippen LogP contribution in [0.3, 0.4) is 0 Å². The van der Waals surface area contributed by atoms with Gasteiger partial charge in [0, 0.05) is 30.2 Å². The van der Waals surface area contributed by atoms with Crippen LogP contribution in [0.15, 0.2) is 24.4 Å². The number of thioether (sulfide) groups is 1. The van der Waals surface area contributed by atoms with Crippen molar-refractivity contribution in [1.82, 2.24) is 9.88 Å². The maximum atomic E-state index is 12.5. The van der Waals surface area contributed by atoms with Gasteiger partial charge in [0.15, 0.2) is 5.78 Å². The highest BCUT2D eigenvalue weighted by molar-refractivity contribution is 7.99. The van der Waals surface area contributed by atoms with Crippen LogP contribution in [0.25, 0.3) is 0 Å². The van der Waals surface area contributed by atoms with E-state index in [2.05, 4.69) is 44.5 Å². The second-order valence-electron chi connectivity index (χ2n) is 9.13. The summed E-state index contributed by atoms with van der Waals surface area (Å²) in [5, 5.41) is 0. The van der Waals surface area contributed by atoms with E-state index in [9.17, 15) is 4.79 Å². The molecule has 1 aromatic rings. The molecule has 0 unspecified atom stereocenters. The average molecular weight is 437 g/mol. The number of carbonyl (C=O) groups is 1. The minimum Gasteiger partial charge on any atom is -0.377 e. The predicted molar refractivity (Wildman–Crippen MR) is 125 cm³/mol. The second kappa shape index (κ2) is 12.8. The molecule has 3 rings (SSSR count). The molecule has 1 atom stereocenters. The SMILES string of the molecule is CC(C)OCCN1CCC([C@@H](C)C(=O)c2ccccn2)CC1.CC1(C)CSCCO1. The second-order valence-corrected chi connectivity index (χ2v) is 10.2. The van der Waals surface area contributed by atoms with Crippen LogP contribution < -0.4 is 0 Å². The molecule has 2 aliphatic rings. The highest BCUT2D eigenvalue weighted by atomic mass is 32.2. The van der Waals surface area contributed by atoms with Crippen LogP contribution in [0.2, 0.25) is 0 Å². The molecular formula is C24H40N2O3S. The van der Waals surface area contributed by atoms with E-state index in [4.69, 9.17) is 9.47 Å². The Bertz CT molecular complexity index is 608. The fraction of sp³-hybridized carbons (Fsp3) is 0.750. The van der Waals surface area contributed by atoms with Crippen LogP contribution in [0.5, 0.6) is 0 Å². The number of ketones is 1. The highest BCUT2D eigenvalue weighted by Crippen LogP contribution is 2.27. The number of nitrogens with zero attached hydrogens (tertiary/aromatic N) is 2. The summed E-state index contributed by atoms with van der Waals surface area (Å²) in [7, 11) is 0. The lowest BCUT2D eigenvalue weighted by Crippen LogP contribution is -2.39. The van der Waals surface area contributed by atoms with Gasteiger partial charge in [-0.05, 0) is 71.7 Å². The number of hydrogen-bond donors (Lipinski definition) is 0. The Morgan fingerprint density at radius 3 is 2.53 bits per heavy atom. The molecule has 0 N–H and O–H groups in total. The Morgan fingerprint density at radius 1 is 1.30 bits per heavy atom. The largest absolute Gasteiger partial charge is 0.377 e. The monoisotopic (exact) mass is 436 g/mol. The van der Waals surface area contributed by atoms with Gasteiger partial charge in [0.1, 0.15) is 5.69 Å². The molecule has 5 nitrogen and oxygen atoms in total. The van der Waals surface area contributed by atoms with Gasteiger partial charge in [0.25, 0.3) is 0 Å². The molecule has 0 spiro atoms. The van der Waals surface area contributed by atoms with Crippen LogP contribution in [0.1, 0.15) is 57.9 Å². The molecule has 170 valence electrons. The Balaban J connectivity index is 0.000000335. The molecule has 0 radical (unpaired) electrons. The van der Waals surface area contributed by atoms with Gasteiger partial charge in [0.2, 0.25) is 0 Å². The van der Waals surface area contributed by atoms with Gasteiger partial charge in [-0.15, -0.1) is 0 Å². The van der Waals surface area contributed by atoms with E-state index < -0.39 is 0 Å². The minimum absolute atomic E-state index is 0.0592. The molecule has 2 fully saturated rings. The fourth-order valence-corrected chi connectivity index (χ4v) is 4.71. The number of ether oxygens (including phenoxy) is 2. The number of hydrogen-bond acceptors (Lipinski definition) is 6. The molecule has 0 amide bonds. The standard InChI is InChI=1S/C18H28N2O2.C6H12OS/c1-14(2)22-13-12-20-10-7-16(8-11-20)15(3)18(21)17-6-4-5-9-19-17;1-6(2)5-8-4-3-7-6/h4-6,9,14-16H,7-8,10-13H2,1-3H3;3-5H2,1-2H3/t15-;/m1./s1. The third-order valence-corrected chi connectivity index (χ3v) is 7.05. The lowest BCUT2D eigenvalue weighted by Gasteiger charge is -2.34. The van der Waals surface area contributed by atoms with Gasteiger partial charge in [-0.3, -0.25) is 9.78 Å². The molecule has 0 aromatic carbocycles. The molecule has 0 bridgehead atoms. The van der Waals surface area contributed by atoms with Crippen LogP contribution in [0, 0.1) is 11.8 Å². The maximum absolute atomic E-state index is 12.5. The van der Waals surface area contributed by atoms with Gasteiger partial charge < -0.3 is 14.4 Å². The van der Waals surface area contributed by atoms with Crippen LogP contribution in [-0.4, -0.2) is 71.7 Å². The summed E-state index contributed by atoms with van der Waals surface area (Å²) in [6.45, 7) is 15.3. The number of piperidine rings is 1. The number of pyridine rings is 1. The number of aromatic nitrogens is 1. The molecule has 6 heteroatoms. The minimum atomic E-state index is 0.0592. The van der Waals surface area contributed by atoms with Crippen molar-refractivity contribution in [3.63, 3.8) is 0 Å². The zero-order chi connectivity index (χ0) is 22.0. The lowest BCUT2D eigenvalue weighted by atomic mass is 9.82. The summed E-state index contributed by atoms with van der Waals surface area (Å²) in [5.41, 5.74) is 0.742. The van der Waals surface area contributed by atoms with Gasteiger partial charge in [-0.25, -0.2) is 0 Å². The average Bonchev–Trinajstić information content (AvgIpc) is 2.74. The highest BCUT2D eigenvalue weighted by Gasteiger charge is 2.29. The number of rotatable bonds is 7. The number of Topliss-reactive ketones (excluding diaryl/α,β-unsaturated/α-hetero) is 1. The summed E-state index contributed by atoms with van der Waals surface area (Å²) >= 11 is 1.98. The molecule has 2 aliphatic heterocycles. The van der Waals surface area contributed by atoms with Crippen molar-refractivity contribution in [2.24, 2.45) is 11.8 Å². The Kier molecular flexibility index (Phi) is 10.8. The fourth-order valence-electron chi connectivity index (χ4n) is 3.79. The summed E-state index contributed by atoms with van der Waals surface area (Å²) in [6.07, 6.45) is 4.16. The molecule has 0 aliphatic carbocycles. The van der Waals surface area contributed by atoms with E-state index in [1.807, 2.05) is 30.0 Å². The zero-order valence-electron chi connectivity index (χ0n) is 19.4. The topological polar surface area (TPSA) is 51.7 Å². The third kappa shape index (κ3) is 9.04. The van der Waals surface area contributed by atoms with E-state index >= 15 is 0 Å². The summed E-state index contributed by atoms with van der Waals surface area (Å²) < 4.78 is 11.1. The van der Waals surface area contributed by atoms with E-state index in [1.54, 1.807) is 6.20 Å². The van der Waals surface area contributed by atoms with Crippen LogP contribution in [0.4, 0.5) is 0 Å². The van der Waals surface area contributed by atoms with Crippen molar-refractivity contribution in [2.45, 2.75) is 59.2 Å². The van der Waals surface area contributed by atoms with Crippen molar-refractivity contribution in [1.29, 1.82) is 0 Å². The van der Waals surface area contributed by atoms with Crippen LogP contribution in [-0.2, 0) is 9.47 Å². The van der Waals surface area contributed by atoms with Gasteiger partial charge in [0.05, 0.1) is 24.9 Å². The smallest absolute Gasteiger partial charge is 0.184 e. The van der Waals surface area contributed by atoms with Crippen molar-refractivity contribution in [2.75, 3.05) is 44.4 Å². The van der Waals surface area contributed by atoms with Crippen molar-refractivity contribution in [3.05, 3.63) is 30.1 Å². The van der Waals surface area contributed by atoms with E-state index in [1.165, 1.54) is 5.75 Å². The normalized spacial score (nSPS) is 21.0. The summed E-state index contributed by atoms with van der Waals surface area (Å²) in [5.74, 6) is 3.03. The number of likely N-dealkylation sites (tertiary alicyclic amines) is 1. The first-order chi connectivity index (χ1) is 14.3. The molecular weight excluding hydrogens is 396 g/mol. The maximum Gasteiger partial charge on any atom is 0.184 e. The van der Waals surface area contributed by atoms with Gasteiger partial charge in [-0.2, -0.15) is 11.8 Å². The van der Waals surface area contributed by atoms with Crippen molar-refractivity contribution in [3.8, 4) is 0 Å². The summed E-state index contributed by atoms with van der Waals surface area (Å²) in [6, 6.07) is 5.54. The summed E-state index contributed by atoms with van der Waals surface area (Å²) in [4.78, 5) is 19.1.